The zero-order chi connectivity index (χ0) is 12.0. The predicted octanol–water partition coefficient (Wildman–Crippen LogP) is 0.747. The largest absolute Gasteiger partial charge is 0.343 e. The summed E-state index contributed by atoms with van der Waals surface area (Å²) in [4.78, 5) is 26.9. The molecule has 1 aromatic carbocycles. The van der Waals surface area contributed by atoms with Crippen LogP contribution in [0.5, 0.6) is 0 Å². The quantitative estimate of drug-likeness (QED) is 0.766. The number of hydrogen-bond donors (Lipinski definition) is 2. The summed E-state index contributed by atoms with van der Waals surface area (Å²) in [5.41, 5.74) is 2.41. The lowest BCUT2D eigenvalue weighted by Gasteiger charge is -2.06. The van der Waals surface area contributed by atoms with Crippen molar-refractivity contribution < 1.29 is 14.4 Å². The van der Waals surface area contributed by atoms with Gasteiger partial charge in [0.15, 0.2) is 0 Å². The van der Waals surface area contributed by atoms with E-state index in [1.807, 2.05) is 0 Å². The minimum atomic E-state index is -0.442. The van der Waals surface area contributed by atoms with E-state index in [4.69, 9.17) is 11.6 Å². The van der Waals surface area contributed by atoms with Gasteiger partial charge in [-0.2, -0.15) is 0 Å². The number of hydroxylamine groups is 1. The van der Waals surface area contributed by atoms with Crippen LogP contribution in [0, 0.1) is 0 Å². The fourth-order valence-electron chi connectivity index (χ4n) is 1.05. The number of carbonyl (C=O) groups excluding carboxylic acids is 2. The van der Waals surface area contributed by atoms with E-state index in [0.717, 1.165) is 0 Å². The van der Waals surface area contributed by atoms with E-state index in [2.05, 4.69) is 15.6 Å². The van der Waals surface area contributed by atoms with Crippen LogP contribution < -0.4 is 10.8 Å². The van der Waals surface area contributed by atoms with Crippen molar-refractivity contribution >= 4 is 23.4 Å². The number of amides is 2. The highest BCUT2D eigenvalue weighted by molar-refractivity contribution is 6.33. The third kappa shape index (κ3) is 3.52. The van der Waals surface area contributed by atoms with Gasteiger partial charge < -0.3 is 5.32 Å². The van der Waals surface area contributed by atoms with Crippen LogP contribution in [0.3, 0.4) is 0 Å². The summed E-state index contributed by atoms with van der Waals surface area (Å²) in [6.45, 7) is -0.169. The normalized spacial score (nSPS) is 9.62. The van der Waals surface area contributed by atoms with E-state index >= 15 is 0 Å². The van der Waals surface area contributed by atoms with E-state index in [0.29, 0.717) is 10.6 Å². The molecule has 0 unspecified atom stereocenters. The number of nitrogens with one attached hydrogen (secondary N) is 2. The number of hydrogen-bond acceptors (Lipinski definition) is 3. The summed E-state index contributed by atoms with van der Waals surface area (Å²) in [7, 11) is 1.31. The Morgan fingerprint density at radius 3 is 2.69 bits per heavy atom. The molecule has 0 radical (unpaired) electrons. The zero-order valence-electron chi connectivity index (χ0n) is 8.62. The number of benzene rings is 1. The average Bonchev–Trinajstić information content (AvgIpc) is 2.27. The van der Waals surface area contributed by atoms with Crippen LogP contribution in [-0.4, -0.2) is 25.5 Å². The monoisotopic (exact) mass is 242 g/mol. The van der Waals surface area contributed by atoms with Gasteiger partial charge in [-0.3, -0.25) is 14.4 Å². The lowest BCUT2D eigenvalue weighted by molar-refractivity contribution is -0.130. The zero-order valence-corrected chi connectivity index (χ0v) is 9.38. The Bertz CT molecular complexity index is 395. The molecule has 0 aromatic heterocycles. The second-order valence-corrected chi connectivity index (χ2v) is 3.30. The van der Waals surface area contributed by atoms with Crippen LogP contribution in [0.1, 0.15) is 10.4 Å². The van der Waals surface area contributed by atoms with E-state index in [1.54, 1.807) is 24.3 Å². The smallest absolute Gasteiger partial charge is 0.262 e. The molecule has 86 valence electrons. The van der Waals surface area contributed by atoms with Crippen LogP contribution in [0.4, 0.5) is 0 Å². The molecule has 5 nitrogen and oxygen atoms in total. The molecule has 16 heavy (non-hydrogen) atoms. The first-order valence-corrected chi connectivity index (χ1v) is 4.87. The first kappa shape index (κ1) is 12.5. The standard InChI is InChI=1S/C10H11ClN2O3/c1-16-13-9(14)6-12-10(15)7-4-2-3-5-8(7)11/h2-5H,6H2,1H3,(H,12,15)(H,13,14). The Morgan fingerprint density at radius 1 is 1.38 bits per heavy atom. The lowest BCUT2D eigenvalue weighted by Crippen LogP contribution is -2.36. The number of rotatable bonds is 4. The van der Waals surface area contributed by atoms with Gasteiger partial charge in [0.2, 0.25) is 0 Å². The van der Waals surface area contributed by atoms with Gasteiger partial charge in [-0.05, 0) is 12.1 Å². The molecule has 0 saturated heterocycles. The van der Waals surface area contributed by atoms with Crippen molar-refractivity contribution in [3.63, 3.8) is 0 Å². The molecular formula is C10H11ClN2O3. The predicted molar refractivity (Wildman–Crippen MR) is 58.9 cm³/mol. The number of carbonyl (C=O) groups is 2. The van der Waals surface area contributed by atoms with Gasteiger partial charge >= 0.3 is 0 Å². The second-order valence-electron chi connectivity index (χ2n) is 2.89. The lowest BCUT2D eigenvalue weighted by atomic mass is 10.2. The third-order valence-corrected chi connectivity index (χ3v) is 2.07. The van der Waals surface area contributed by atoms with Crippen LogP contribution in [0.2, 0.25) is 5.02 Å². The van der Waals surface area contributed by atoms with E-state index < -0.39 is 11.8 Å². The number of halogens is 1. The van der Waals surface area contributed by atoms with Crippen molar-refractivity contribution in [2.24, 2.45) is 0 Å². The maximum absolute atomic E-state index is 11.6. The minimum Gasteiger partial charge on any atom is -0.343 e. The molecule has 0 heterocycles. The maximum Gasteiger partial charge on any atom is 0.262 e. The Labute approximate surface area is 97.7 Å². The van der Waals surface area contributed by atoms with E-state index in [1.165, 1.54) is 7.11 Å². The van der Waals surface area contributed by atoms with Crippen LogP contribution in [0.25, 0.3) is 0 Å². The molecule has 0 atom stereocenters. The Balaban J connectivity index is 2.54. The fraction of sp³-hybridized carbons (Fsp3) is 0.200. The Hall–Kier alpha value is -1.59. The third-order valence-electron chi connectivity index (χ3n) is 1.74. The molecule has 2 N–H and O–H groups in total. The van der Waals surface area contributed by atoms with Crippen LogP contribution in [0.15, 0.2) is 24.3 Å². The molecule has 6 heteroatoms. The van der Waals surface area contributed by atoms with Gasteiger partial charge in [0, 0.05) is 0 Å². The van der Waals surface area contributed by atoms with Crippen molar-refractivity contribution in [2.45, 2.75) is 0 Å². The van der Waals surface area contributed by atoms with E-state index in [9.17, 15) is 9.59 Å². The average molecular weight is 243 g/mol. The molecule has 0 bridgehead atoms. The molecule has 0 aliphatic heterocycles. The highest BCUT2D eigenvalue weighted by atomic mass is 35.5. The summed E-state index contributed by atoms with van der Waals surface area (Å²) in [6.07, 6.45) is 0. The molecular weight excluding hydrogens is 232 g/mol. The van der Waals surface area contributed by atoms with Gasteiger partial charge in [-0.15, -0.1) is 0 Å². The van der Waals surface area contributed by atoms with Crippen LogP contribution >= 0.6 is 11.6 Å². The summed E-state index contributed by atoms with van der Waals surface area (Å²) in [6, 6.07) is 6.59. The molecule has 0 aliphatic rings. The highest BCUT2D eigenvalue weighted by Gasteiger charge is 2.10. The summed E-state index contributed by atoms with van der Waals surface area (Å²) in [5.74, 6) is -0.847. The maximum atomic E-state index is 11.6. The molecule has 0 saturated carbocycles. The molecule has 0 aliphatic carbocycles. The first-order chi connectivity index (χ1) is 7.65. The Kier molecular flexibility index (Phi) is 4.75. The second kappa shape index (κ2) is 6.09. The molecule has 0 spiro atoms. The SMILES string of the molecule is CONC(=O)CNC(=O)c1ccccc1Cl. The van der Waals surface area contributed by atoms with Crippen molar-refractivity contribution in [2.75, 3.05) is 13.7 Å². The summed E-state index contributed by atoms with van der Waals surface area (Å²) >= 11 is 5.81. The summed E-state index contributed by atoms with van der Waals surface area (Å²) in [5, 5.41) is 2.75. The van der Waals surface area contributed by atoms with Gasteiger partial charge in [0.05, 0.1) is 24.2 Å². The minimum absolute atomic E-state index is 0.169. The molecule has 1 rings (SSSR count). The highest BCUT2D eigenvalue weighted by Crippen LogP contribution is 2.14. The topological polar surface area (TPSA) is 67.4 Å². The van der Waals surface area contributed by atoms with Gasteiger partial charge in [0.25, 0.3) is 11.8 Å². The van der Waals surface area contributed by atoms with Crippen molar-refractivity contribution in [1.82, 2.24) is 10.8 Å². The molecule has 2 amide bonds. The summed E-state index contributed by atoms with van der Waals surface area (Å²) < 4.78 is 0. The van der Waals surface area contributed by atoms with Gasteiger partial charge in [-0.1, -0.05) is 23.7 Å². The van der Waals surface area contributed by atoms with Crippen molar-refractivity contribution in [3.05, 3.63) is 34.9 Å². The Morgan fingerprint density at radius 2 is 2.06 bits per heavy atom. The first-order valence-electron chi connectivity index (χ1n) is 4.49. The van der Waals surface area contributed by atoms with Crippen LogP contribution in [-0.2, 0) is 9.63 Å². The molecule has 1 aromatic rings. The van der Waals surface area contributed by atoms with Crippen molar-refractivity contribution in [1.29, 1.82) is 0 Å². The van der Waals surface area contributed by atoms with Crippen molar-refractivity contribution in [3.8, 4) is 0 Å². The van der Waals surface area contributed by atoms with Gasteiger partial charge in [-0.25, -0.2) is 5.48 Å². The molecule has 0 fully saturated rings. The fourth-order valence-corrected chi connectivity index (χ4v) is 1.27. The van der Waals surface area contributed by atoms with E-state index in [-0.39, 0.29) is 6.54 Å². The van der Waals surface area contributed by atoms with Gasteiger partial charge in [0.1, 0.15) is 0 Å².